The zero-order valence-electron chi connectivity index (χ0n) is 7.36. The number of rotatable bonds is 2. The molecule has 0 radical (unpaired) electrons. The van der Waals surface area contributed by atoms with E-state index < -0.39 is 33.0 Å². The number of nitrogens with zero attached hydrogens (tertiary/aromatic N) is 1. The molecule has 0 unspecified atom stereocenters. The van der Waals surface area contributed by atoms with Crippen LogP contribution in [-0.4, -0.2) is 11.3 Å². The molecular formula is C8H3F5INO. The minimum absolute atomic E-state index is 0.0696. The van der Waals surface area contributed by atoms with Gasteiger partial charge in [0.15, 0.2) is 6.29 Å². The number of hydrogen-bond donors (Lipinski definition) is 0. The van der Waals surface area contributed by atoms with Crippen molar-refractivity contribution in [3.8, 4) is 0 Å². The minimum atomic E-state index is -4.96. The first kappa shape index (κ1) is 13.3. The maximum atomic E-state index is 12.5. The number of carbonyl (C=O) groups excluding carboxylic acids is 1. The number of aldehydes is 1. The highest BCUT2D eigenvalue weighted by molar-refractivity contribution is 14.1. The lowest BCUT2D eigenvalue weighted by atomic mass is 10.1. The Morgan fingerprint density at radius 1 is 1.38 bits per heavy atom. The zero-order valence-corrected chi connectivity index (χ0v) is 9.51. The fourth-order valence-corrected chi connectivity index (χ4v) is 1.85. The van der Waals surface area contributed by atoms with Crippen LogP contribution in [0.15, 0.2) is 6.20 Å². The lowest BCUT2D eigenvalue weighted by Crippen LogP contribution is -2.15. The van der Waals surface area contributed by atoms with E-state index in [4.69, 9.17) is 0 Å². The second-order valence-electron chi connectivity index (χ2n) is 2.71. The summed E-state index contributed by atoms with van der Waals surface area (Å²) in [5.74, 6) is 0. The zero-order chi connectivity index (χ0) is 12.5. The van der Waals surface area contributed by atoms with Crippen LogP contribution in [0.4, 0.5) is 22.0 Å². The Labute approximate surface area is 100.0 Å². The van der Waals surface area contributed by atoms with E-state index in [-0.39, 0.29) is 6.29 Å². The SMILES string of the molecule is O=Cc1cnc(I)c(C(F)(F)F)c1C(F)F. The third-order valence-corrected chi connectivity index (χ3v) is 2.55. The summed E-state index contributed by atoms with van der Waals surface area (Å²) in [4.78, 5) is 13.6. The summed E-state index contributed by atoms with van der Waals surface area (Å²) in [5.41, 5.74) is -3.61. The predicted octanol–water partition coefficient (Wildman–Crippen LogP) is 3.46. The van der Waals surface area contributed by atoms with E-state index in [0.29, 0.717) is 6.20 Å². The minimum Gasteiger partial charge on any atom is -0.298 e. The third-order valence-electron chi connectivity index (χ3n) is 1.73. The van der Waals surface area contributed by atoms with E-state index in [1.807, 2.05) is 0 Å². The Bertz CT molecular complexity index is 418. The smallest absolute Gasteiger partial charge is 0.298 e. The van der Waals surface area contributed by atoms with E-state index >= 15 is 0 Å². The number of pyridine rings is 1. The summed E-state index contributed by atoms with van der Waals surface area (Å²) >= 11 is 1.20. The van der Waals surface area contributed by atoms with Gasteiger partial charge in [0.25, 0.3) is 6.43 Å². The van der Waals surface area contributed by atoms with Gasteiger partial charge in [0.05, 0.1) is 5.56 Å². The molecule has 0 aliphatic heterocycles. The Morgan fingerprint density at radius 3 is 2.31 bits per heavy atom. The van der Waals surface area contributed by atoms with Crippen LogP contribution in [0.1, 0.15) is 27.9 Å². The standard InChI is InChI=1S/C8H3F5INO/c9-6(10)4-3(2-16)1-15-7(14)5(4)8(11,12)13/h1-2,6H. The van der Waals surface area contributed by atoms with Crippen molar-refractivity contribution in [1.29, 1.82) is 0 Å². The molecule has 0 atom stereocenters. The van der Waals surface area contributed by atoms with Crippen molar-refractivity contribution >= 4 is 28.9 Å². The van der Waals surface area contributed by atoms with Crippen LogP contribution in [-0.2, 0) is 6.18 Å². The van der Waals surface area contributed by atoms with Crippen molar-refractivity contribution in [2.24, 2.45) is 0 Å². The lowest BCUT2D eigenvalue weighted by molar-refractivity contribution is -0.140. The Hall–Kier alpha value is -0.800. The van der Waals surface area contributed by atoms with Gasteiger partial charge in [0, 0.05) is 17.3 Å². The van der Waals surface area contributed by atoms with Crippen LogP contribution >= 0.6 is 22.6 Å². The molecule has 2 nitrogen and oxygen atoms in total. The van der Waals surface area contributed by atoms with Crippen molar-refractivity contribution in [3.05, 3.63) is 26.6 Å². The molecule has 8 heteroatoms. The van der Waals surface area contributed by atoms with Gasteiger partial charge in [-0.25, -0.2) is 13.8 Å². The second kappa shape index (κ2) is 4.60. The fraction of sp³-hybridized carbons (Fsp3) is 0.250. The summed E-state index contributed by atoms with van der Waals surface area (Å²) in [6.07, 6.45) is -7.71. The van der Waals surface area contributed by atoms with Crippen LogP contribution in [0.5, 0.6) is 0 Å². The number of carbonyl (C=O) groups is 1. The van der Waals surface area contributed by atoms with Gasteiger partial charge in [-0.2, -0.15) is 13.2 Å². The highest BCUT2D eigenvalue weighted by atomic mass is 127. The van der Waals surface area contributed by atoms with E-state index in [9.17, 15) is 26.7 Å². The van der Waals surface area contributed by atoms with Gasteiger partial charge in [-0.15, -0.1) is 0 Å². The van der Waals surface area contributed by atoms with Gasteiger partial charge in [0.1, 0.15) is 3.70 Å². The summed E-state index contributed by atoms with van der Waals surface area (Å²) in [6.45, 7) is 0. The van der Waals surface area contributed by atoms with Gasteiger partial charge >= 0.3 is 6.18 Å². The number of hydrogen-bond acceptors (Lipinski definition) is 2. The summed E-state index contributed by atoms with van der Waals surface area (Å²) in [6, 6.07) is 0. The van der Waals surface area contributed by atoms with Crippen molar-refractivity contribution in [2.75, 3.05) is 0 Å². The molecule has 0 aromatic carbocycles. The molecule has 88 valence electrons. The van der Waals surface area contributed by atoms with Crippen LogP contribution in [0, 0.1) is 3.70 Å². The number of alkyl halides is 5. The summed E-state index contributed by atoms with van der Waals surface area (Å²) in [5, 5.41) is 0. The molecule has 1 rings (SSSR count). The van der Waals surface area contributed by atoms with Gasteiger partial charge in [-0.05, 0) is 22.6 Å². The highest BCUT2D eigenvalue weighted by Gasteiger charge is 2.40. The molecule has 0 saturated carbocycles. The topological polar surface area (TPSA) is 30.0 Å². The first-order chi connectivity index (χ1) is 7.29. The largest absolute Gasteiger partial charge is 0.419 e. The maximum Gasteiger partial charge on any atom is 0.419 e. The summed E-state index contributed by atoms with van der Waals surface area (Å²) in [7, 11) is 0. The van der Waals surface area contributed by atoms with Crippen molar-refractivity contribution in [2.45, 2.75) is 12.6 Å². The quantitative estimate of drug-likeness (QED) is 0.354. The molecule has 16 heavy (non-hydrogen) atoms. The van der Waals surface area contributed by atoms with E-state index in [1.54, 1.807) is 0 Å². The van der Waals surface area contributed by atoms with Crippen LogP contribution < -0.4 is 0 Å². The Kier molecular flexibility index (Phi) is 3.81. The average Bonchev–Trinajstić information content (AvgIpc) is 2.15. The summed E-state index contributed by atoms with van der Waals surface area (Å²) < 4.78 is 61.9. The van der Waals surface area contributed by atoms with E-state index in [1.165, 1.54) is 22.6 Å². The predicted molar refractivity (Wildman–Crippen MR) is 52.3 cm³/mol. The average molecular weight is 351 g/mol. The maximum absolute atomic E-state index is 12.5. The van der Waals surface area contributed by atoms with Gasteiger partial charge in [-0.1, -0.05) is 0 Å². The Balaban J connectivity index is 3.61. The van der Waals surface area contributed by atoms with Crippen LogP contribution in [0.25, 0.3) is 0 Å². The Morgan fingerprint density at radius 2 is 1.94 bits per heavy atom. The molecule has 1 aromatic rings. The van der Waals surface area contributed by atoms with Crippen LogP contribution in [0.2, 0.25) is 0 Å². The first-order valence-electron chi connectivity index (χ1n) is 3.78. The molecule has 0 spiro atoms. The highest BCUT2D eigenvalue weighted by Crippen LogP contribution is 2.39. The molecule has 0 amide bonds. The van der Waals surface area contributed by atoms with E-state index in [0.717, 1.165) is 0 Å². The second-order valence-corrected chi connectivity index (χ2v) is 3.73. The molecule has 0 saturated heterocycles. The van der Waals surface area contributed by atoms with Crippen molar-refractivity contribution in [1.82, 2.24) is 4.98 Å². The number of halogens is 6. The van der Waals surface area contributed by atoms with Gasteiger partial charge < -0.3 is 0 Å². The molecule has 0 aliphatic carbocycles. The van der Waals surface area contributed by atoms with Gasteiger partial charge in [-0.3, -0.25) is 4.79 Å². The molecule has 0 fully saturated rings. The third kappa shape index (κ3) is 2.47. The van der Waals surface area contributed by atoms with Crippen LogP contribution in [0.3, 0.4) is 0 Å². The normalized spacial score (nSPS) is 11.9. The van der Waals surface area contributed by atoms with E-state index in [2.05, 4.69) is 4.98 Å². The fourth-order valence-electron chi connectivity index (χ4n) is 1.11. The molecule has 1 heterocycles. The molecular weight excluding hydrogens is 348 g/mol. The molecule has 0 bridgehead atoms. The monoisotopic (exact) mass is 351 g/mol. The molecule has 1 aromatic heterocycles. The number of aromatic nitrogens is 1. The van der Waals surface area contributed by atoms with Crippen molar-refractivity contribution < 1.29 is 26.7 Å². The molecule has 0 N–H and O–H groups in total. The first-order valence-corrected chi connectivity index (χ1v) is 4.85. The van der Waals surface area contributed by atoms with Gasteiger partial charge in [0.2, 0.25) is 0 Å². The van der Waals surface area contributed by atoms with Crippen molar-refractivity contribution in [3.63, 3.8) is 0 Å². The molecule has 0 aliphatic rings. The lowest BCUT2D eigenvalue weighted by Gasteiger charge is -2.14.